The van der Waals surface area contributed by atoms with Crippen molar-refractivity contribution >= 4 is 23.4 Å². The minimum absolute atomic E-state index is 0.731. The van der Waals surface area contributed by atoms with Crippen LogP contribution in [0.3, 0.4) is 0 Å². The number of hydrogen-bond donors (Lipinski definition) is 0. The van der Waals surface area contributed by atoms with Crippen LogP contribution in [-0.2, 0) is 6.42 Å². The summed E-state index contributed by atoms with van der Waals surface area (Å²) in [4.78, 5) is 0. The first-order chi connectivity index (χ1) is 8.76. The Morgan fingerprint density at radius 3 is 2.83 bits per heavy atom. The zero-order valence-corrected chi connectivity index (χ0v) is 12.1. The molecule has 0 unspecified atom stereocenters. The van der Waals surface area contributed by atoms with Gasteiger partial charge in [0, 0.05) is 11.4 Å². The van der Waals surface area contributed by atoms with Gasteiger partial charge in [-0.2, -0.15) is 0 Å². The highest BCUT2D eigenvalue weighted by atomic mass is 35.5. The maximum absolute atomic E-state index is 6.05. The summed E-state index contributed by atoms with van der Waals surface area (Å²) in [5.74, 6) is 1.00. The third kappa shape index (κ3) is 2.87. The van der Waals surface area contributed by atoms with Crippen LogP contribution in [0.2, 0.25) is 5.02 Å². The first-order valence-electron chi connectivity index (χ1n) is 6.00. The van der Waals surface area contributed by atoms with Crippen LogP contribution in [0.5, 0.6) is 0 Å². The van der Waals surface area contributed by atoms with Crippen molar-refractivity contribution in [2.75, 3.05) is 6.26 Å². The normalized spacial score (nSPS) is 10.8. The number of hydrogen-bond acceptors (Lipinski definition) is 3. The molecule has 0 N–H and O–H groups in total. The molecular weight excluding hydrogens is 266 g/mol. The van der Waals surface area contributed by atoms with E-state index in [-0.39, 0.29) is 0 Å². The summed E-state index contributed by atoms with van der Waals surface area (Å²) in [6.07, 6.45) is 5.22. The zero-order valence-electron chi connectivity index (χ0n) is 10.6. The molecule has 3 nitrogen and oxygen atoms in total. The highest BCUT2D eigenvalue weighted by molar-refractivity contribution is 7.98. The Morgan fingerprint density at radius 2 is 2.17 bits per heavy atom. The Morgan fingerprint density at radius 1 is 1.33 bits per heavy atom. The molecule has 0 saturated carbocycles. The maximum Gasteiger partial charge on any atom is 0.195 e. The van der Waals surface area contributed by atoms with E-state index in [2.05, 4.69) is 21.7 Å². The van der Waals surface area contributed by atoms with Crippen molar-refractivity contribution < 1.29 is 0 Å². The largest absolute Gasteiger partial charge is 0.274 e. The number of benzene rings is 1. The van der Waals surface area contributed by atoms with E-state index in [0.717, 1.165) is 41.0 Å². The standard InChI is InChI=1S/C13H16ClN3S/c1-3-4-8-12-15-16-13(18-2)17(12)11-7-5-6-10(14)9-11/h5-7,9H,3-4,8H2,1-2H3. The first kappa shape index (κ1) is 13.4. The molecule has 0 saturated heterocycles. The molecule has 0 aliphatic carbocycles. The van der Waals surface area contributed by atoms with E-state index in [9.17, 15) is 0 Å². The number of thioether (sulfide) groups is 1. The summed E-state index contributed by atoms with van der Waals surface area (Å²) in [7, 11) is 0. The van der Waals surface area contributed by atoms with E-state index in [4.69, 9.17) is 11.6 Å². The molecule has 0 aliphatic rings. The number of aryl methyl sites for hydroxylation is 1. The fourth-order valence-electron chi connectivity index (χ4n) is 1.80. The van der Waals surface area contributed by atoms with Gasteiger partial charge in [-0.1, -0.05) is 42.8 Å². The average Bonchev–Trinajstić information content (AvgIpc) is 2.79. The molecule has 0 fully saturated rings. The van der Waals surface area contributed by atoms with Crippen LogP contribution in [0.15, 0.2) is 29.4 Å². The molecule has 0 atom stereocenters. The van der Waals surface area contributed by atoms with Crippen molar-refractivity contribution in [1.82, 2.24) is 14.8 Å². The molecule has 1 heterocycles. The van der Waals surface area contributed by atoms with E-state index in [1.54, 1.807) is 11.8 Å². The molecule has 96 valence electrons. The Labute approximate surface area is 117 Å². The van der Waals surface area contributed by atoms with Gasteiger partial charge < -0.3 is 0 Å². The van der Waals surface area contributed by atoms with Crippen LogP contribution in [-0.4, -0.2) is 21.0 Å². The van der Waals surface area contributed by atoms with Crippen molar-refractivity contribution in [2.24, 2.45) is 0 Å². The first-order valence-corrected chi connectivity index (χ1v) is 7.60. The number of halogens is 1. The van der Waals surface area contributed by atoms with Gasteiger partial charge in [-0.25, -0.2) is 0 Å². The Hall–Kier alpha value is -1.00. The predicted molar refractivity (Wildman–Crippen MR) is 76.8 cm³/mol. The number of aromatic nitrogens is 3. The van der Waals surface area contributed by atoms with Crippen LogP contribution in [0.4, 0.5) is 0 Å². The lowest BCUT2D eigenvalue weighted by molar-refractivity contribution is 0.727. The fourth-order valence-corrected chi connectivity index (χ4v) is 2.50. The molecule has 0 radical (unpaired) electrons. The minimum atomic E-state index is 0.731. The van der Waals surface area contributed by atoms with Gasteiger partial charge in [-0.05, 0) is 30.9 Å². The topological polar surface area (TPSA) is 30.7 Å². The number of unbranched alkanes of at least 4 members (excludes halogenated alkanes) is 1. The van der Waals surface area contributed by atoms with E-state index in [1.165, 1.54) is 0 Å². The lowest BCUT2D eigenvalue weighted by atomic mass is 10.2. The van der Waals surface area contributed by atoms with Crippen LogP contribution in [0.25, 0.3) is 5.69 Å². The average molecular weight is 282 g/mol. The predicted octanol–water partition coefficient (Wildman–Crippen LogP) is 3.99. The molecule has 0 aliphatic heterocycles. The van der Waals surface area contributed by atoms with Gasteiger partial charge in [-0.15, -0.1) is 10.2 Å². The third-order valence-electron chi connectivity index (χ3n) is 2.70. The molecule has 2 aromatic rings. The van der Waals surface area contributed by atoms with Gasteiger partial charge in [0.25, 0.3) is 0 Å². The Kier molecular flexibility index (Phi) is 4.66. The van der Waals surface area contributed by atoms with Crippen LogP contribution in [0.1, 0.15) is 25.6 Å². The highest BCUT2D eigenvalue weighted by Gasteiger charge is 2.12. The molecule has 0 spiro atoms. The summed E-state index contributed by atoms with van der Waals surface area (Å²) in [5.41, 5.74) is 1.03. The van der Waals surface area contributed by atoms with Crippen molar-refractivity contribution in [2.45, 2.75) is 31.3 Å². The van der Waals surface area contributed by atoms with Gasteiger partial charge in [0.1, 0.15) is 5.82 Å². The summed E-state index contributed by atoms with van der Waals surface area (Å²) < 4.78 is 2.09. The number of rotatable bonds is 5. The van der Waals surface area contributed by atoms with E-state index < -0.39 is 0 Å². The fraction of sp³-hybridized carbons (Fsp3) is 0.385. The van der Waals surface area contributed by atoms with Gasteiger partial charge >= 0.3 is 0 Å². The number of nitrogens with zero attached hydrogens (tertiary/aromatic N) is 3. The Balaban J connectivity index is 2.43. The van der Waals surface area contributed by atoms with Gasteiger partial charge in [0.2, 0.25) is 0 Å². The van der Waals surface area contributed by atoms with Crippen LogP contribution >= 0.6 is 23.4 Å². The molecule has 1 aromatic carbocycles. The molecule has 1 aromatic heterocycles. The lowest BCUT2D eigenvalue weighted by Crippen LogP contribution is -2.02. The summed E-state index contributed by atoms with van der Waals surface area (Å²) in [6.45, 7) is 2.18. The van der Waals surface area contributed by atoms with Gasteiger partial charge in [0.15, 0.2) is 5.16 Å². The molecular formula is C13H16ClN3S. The molecule has 18 heavy (non-hydrogen) atoms. The zero-order chi connectivity index (χ0) is 13.0. The third-order valence-corrected chi connectivity index (χ3v) is 3.57. The van der Waals surface area contributed by atoms with Gasteiger partial charge in [-0.3, -0.25) is 4.57 Å². The maximum atomic E-state index is 6.05. The summed E-state index contributed by atoms with van der Waals surface area (Å²) in [5, 5.41) is 10.1. The molecule has 0 amide bonds. The van der Waals surface area contributed by atoms with Crippen molar-refractivity contribution in [3.8, 4) is 5.69 Å². The Bertz CT molecular complexity index is 525. The van der Waals surface area contributed by atoms with E-state index in [1.807, 2.05) is 30.5 Å². The molecule has 2 rings (SSSR count). The highest BCUT2D eigenvalue weighted by Crippen LogP contribution is 2.23. The lowest BCUT2D eigenvalue weighted by Gasteiger charge is -2.09. The SMILES string of the molecule is CCCCc1nnc(SC)n1-c1cccc(Cl)c1. The smallest absolute Gasteiger partial charge is 0.195 e. The monoisotopic (exact) mass is 281 g/mol. The summed E-state index contributed by atoms with van der Waals surface area (Å²) >= 11 is 7.65. The second-order valence-corrected chi connectivity index (χ2v) is 5.23. The summed E-state index contributed by atoms with van der Waals surface area (Å²) in [6, 6.07) is 7.80. The minimum Gasteiger partial charge on any atom is -0.274 e. The van der Waals surface area contributed by atoms with Crippen LogP contribution in [0, 0.1) is 0 Å². The van der Waals surface area contributed by atoms with Crippen molar-refractivity contribution in [3.05, 3.63) is 35.1 Å². The van der Waals surface area contributed by atoms with E-state index in [0.29, 0.717) is 0 Å². The van der Waals surface area contributed by atoms with Crippen LogP contribution < -0.4 is 0 Å². The van der Waals surface area contributed by atoms with Gasteiger partial charge in [0.05, 0.1) is 5.69 Å². The van der Waals surface area contributed by atoms with Crippen molar-refractivity contribution in [3.63, 3.8) is 0 Å². The van der Waals surface area contributed by atoms with Crippen molar-refractivity contribution in [1.29, 1.82) is 0 Å². The molecule has 5 heteroatoms. The second kappa shape index (κ2) is 6.25. The quantitative estimate of drug-likeness (QED) is 0.777. The molecule has 0 bridgehead atoms. The second-order valence-electron chi connectivity index (χ2n) is 4.02. The van der Waals surface area contributed by atoms with E-state index >= 15 is 0 Å².